The molecule has 0 saturated heterocycles. The molecule has 0 saturated carbocycles. The zero-order chi connectivity index (χ0) is 12.4. The molecule has 4 nitrogen and oxygen atoms in total. The van der Waals surface area contributed by atoms with Gasteiger partial charge in [0.1, 0.15) is 28.7 Å². The predicted octanol–water partition coefficient (Wildman–Crippen LogP) is 3.03. The minimum atomic E-state index is -0.675. The van der Waals surface area contributed by atoms with Crippen LogP contribution in [0.5, 0.6) is 0 Å². The zero-order valence-electron chi connectivity index (χ0n) is 8.80. The first-order valence-corrected chi connectivity index (χ1v) is 5.53. The molecule has 2 aromatic rings. The number of halogens is 3. The Morgan fingerprint density at radius 2 is 1.94 bits per heavy atom. The van der Waals surface area contributed by atoms with Crippen molar-refractivity contribution in [2.24, 2.45) is 0 Å². The first kappa shape index (κ1) is 12.0. The maximum absolute atomic E-state index is 13.4. The van der Waals surface area contributed by atoms with E-state index in [1.807, 2.05) is 0 Å². The Kier molecular flexibility index (Phi) is 3.37. The summed E-state index contributed by atoms with van der Waals surface area (Å²) in [6.07, 6.45) is 0. The molecule has 90 valence electrons. The number of nitrogens with one attached hydrogen (secondary N) is 1. The molecule has 0 amide bonds. The number of aryl methyl sites for hydroxylation is 1. The summed E-state index contributed by atoms with van der Waals surface area (Å²) in [5, 5.41) is 9.79. The molecule has 1 heterocycles. The Bertz CT molecular complexity index is 521. The van der Waals surface area contributed by atoms with Gasteiger partial charge in [0.2, 0.25) is 0 Å². The number of rotatable bonds is 3. The average Bonchev–Trinajstić information content (AvgIpc) is 2.62. The Morgan fingerprint density at radius 3 is 2.47 bits per heavy atom. The van der Waals surface area contributed by atoms with Gasteiger partial charge in [-0.3, -0.25) is 0 Å². The van der Waals surface area contributed by atoms with Crippen LogP contribution in [-0.4, -0.2) is 10.3 Å². The number of nitrogens with zero attached hydrogens (tertiary/aromatic N) is 2. The smallest absolute Gasteiger partial charge is 0.150 e. The van der Waals surface area contributed by atoms with Gasteiger partial charge in [-0.15, -0.1) is 0 Å². The maximum atomic E-state index is 13.4. The van der Waals surface area contributed by atoms with Crippen LogP contribution in [-0.2, 0) is 6.54 Å². The molecule has 0 radical (unpaired) electrons. The molecule has 17 heavy (non-hydrogen) atoms. The second kappa shape index (κ2) is 4.79. The highest BCUT2D eigenvalue weighted by atomic mass is 79.9. The van der Waals surface area contributed by atoms with Crippen LogP contribution in [0.3, 0.4) is 0 Å². The standard InChI is InChI=1S/C10H8BrF2N3O/c1-5-9(16-17-15-5)4-14-10-7(12)2-6(11)3-8(10)13/h2-3,14H,4H2,1H3. The molecule has 0 bridgehead atoms. The molecule has 1 aromatic carbocycles. The molecule has 0 aliphatic carbocycles. The highest BCUT2D eigenvalue weighted by Crippen LogP contribution is 2.24. The quantitative estimate of drug-likeness (QED) is 0.947. The van der Waals surface area contributed by atoms with E-state index in [0.717, 1.165) is 0 Å². The first-order valence-electron chi connectivity index (χ1n) is 4.74. The van der Waals surface area contributed by atoms with E-state index in [9.17, 15) is 8.78 Å². The summed E-state index contributed by atoms with van der Waals surface area (Å²) in [5.74, 6) is -1.35. The van der Waals surface area contributed by atoms with Gasteiger partial charge in [0.15, 0.2) is 0 Å². The van der Waals surface area contributed by atoms with E-state index in [4.69, 9.17) is 0 Å². The van der Waals surface area contributed by atoms with Crippen LogP contribution in [0.15, 0.2) is 21.2 Å². The van der Waals surface area contributed by atoms with E-state index in [1.54, 1.807) is 6.92 Å². The van der Waals surface area contributed by atoms with Crippen molar-refractivity contribution in [3.8, 4) is 0 Å². The van der Waals surface area contributed by atoms with Crippen LogP contribution in [0.25, 0.3) is 0 Å². The SMILES string of the molecule is Cc1nonc1CNc1c(F)cc(Br)cc1F. The van der Waals surface area contributed by atoms with Crippen molar-refractivity contribution in [3.63, 3.8) is 0 Å². The van der Waals surface area contributed by atoms with Gasteiger partial charge in [-0.2, -0.15) is 0 Å². The largest absolute Gasteiger partial charge is 0.374 e. The number of anilines is 1. The molecule has 2 rings (SSSR count). The third-order valence-electron chi connectivity index (χ3n) is 2.19. The first-order chi connectivity index (χ1) is 8.08. The third kappa shape index (κ3) is 2.60. The summed E-state index contributed by atoms with van der Waals surface area (Å²) < 4.78 is 31.7. The van der Waals surface area contributed by atoms with Crippen LogP contribution in [0, 0.1) is 18.6 Å². The molecule has 0 fully saturated rings. The Labute approximate surface area is 104 Å². The fourth-order valence-corrected chi connectivity index (χ4v) is 1.70. The number of benzene rings is 1. The summed E-state index contributed by atoms with van der Waals surface area (Å²) in [5.41, 5.74) is 0.887. The molecule has 0 spiro atoms. The van der Waals surface area contributed by atoms with E-state index in [1.165, 1.54) is 12.1 Å². The number of aromatic nitrogens is 2. The van der Waals surface area contributed by atoms with Crippen LogP contribution in [0.4, 0.5) is 14.5 Å². The van der Waals surface area contributed by atoms with Crippen LogP contribution < -0.4 is 5.32 Å². The highest BCUT2D eigenvalue weighted by Gasteiger charge is 2.12. The van der Waals surface area contributed by atoms with E-state index in [0.29, 0.717) is 15.9 Å². The molecule has 0 atom stereocenters. The van der Waals surface area contributed by atoms with Gasteiger partial charge in [0.25, 0.3) is 0 Å². The van der Waals surface area contributed by atoms with Gasteiger partial charge >= 0.3 is 0 Å². The van der Waals surface area contributed by atoms with Gasteiger partial charge < -0.3 is 5.32 Å². The lowest BCUT2D eigenvalue weighted by Gasteiger charge is -2.07. The Balaban J connectivity index is 2.17. The average molecular weight is 304 g/mol. The second-order valence-electron chi connectivity index (χ2n) is 3.39. The monoisotopic (exact) mass is 303 g/mol. The van der Waals surface area contributed by atoms with Gasteiger partial charge in [-0.25, -0.2) is 13.4 Å². The molecule has 7 heteroatoms. The van der Waals surface area contributed by atoms with Gasteiger partial charge in [-0.1, -0.05) is 26.2 Å². The summed E-state index contributed by atoms with van der Waals surface area (Å²) >= 11 is 3.00. The highest BCUT2D eigenvalue weighted by molar-refractivity contribution is 9.10. The van der Waals surface area contributed by atoms with Crippen molar-refractivity contribution < 1.29 is 13.4 Å². The molecular formula is C10H8BrF2N3O. The number of hydrogen-bond donors (Lipinski definition) is 1. The van der Waals surface area contributed by atoms with E-state index in [2.05, 4.69) is 36.2 Å². The fraction of sp³-hybridized carbons (Fsp3) is 0.200. The number of hydrogen-bond acceptors (Lipinski definition) is 4. The molecule has 0 aliphatic heterocycles. The third-order valence-corrected chi connectivity index (χ3v) is 2.64. The maximum Gasteiger partial charge on any atom is 0.150 e. The summed E-state index contributed by atoms with van der Waals surface area (Å²) in [6.45, 7) is 1.84. The molecule has 1 aromatic heterocycles. The minimum Gasteiger partial charge on any atom is -0.374 e. The Hall–Kier alpha value is -1.50. The zero-order valence-corrected chi connectivity index (χ0v) is 10.4. The van der Waals surface area contributed by atoms with Gasteiger partial charge in [-0.05, 0) is 19.1 Å². The summed E-state index contributed by atoms with van der Waals surface area (Å²) in [7, 11) is 0. The minimum absolute atomic E-state index is 0.144. The fourth-order valence-electron chi connectivity index (χ4n) is 1.29. The lowest BCUT2D eigenvalue weighted by atomic mass is 10.2. The van der Waals surface area contributed by atoms with Crippen LogP contribution >= 0.6 is 15.9 Å². The van der Waals surface area contributed by atoms with E-state index >= 15 is 0 Å². The predicted molar refractivity (Wildman–Crippen MR) is 60.4 cm³/mol. The van der Waals surface area contributed by atoms with Crippen molar-refractivity contribution in [2.45, 2.75) is 13.5 Å². The van der Waals surface area contributed by atoms with Gasteiger partial charge in [0, 0.05) is 4.47 Å². The lowest BCUT2D eigenvalue weighted by molar-refractivity contribution is 0.301. The van der Waals surface area contributed by atoms with Crippen molar-refractivity contribution in [3.05, 3.63) is 39.6 Å². The van der Waals surface area contributed by atoms with Crippen molar-refractivity contribution in [1.82, 2.24) is 10.3 Å². The molecular weight excluding hydrogens is 296 g/mol. The van der Waals surface area contributed by atoms with Crippen LogP contribution in [0.1, 0.15) is 11.4 Å². The summed E-state index contributed by atoms with van der Waals surface area (Å²) in [4.78, 5) is 0. The van der Waals surface area contributed by atoms with Crippen molar-refractivity contribution in [1.29, 1.82) is 0 Å². The molecule has 0 unspecified atom stereocenters. The molecule has 1 N–H and O–H groups in total. The second-order valence-corrected chi connectivity index (χ2v) is 4.31. The normalized spacial score (nSPS) is 10.6. The van der Waals surface area contributed by atoms with Crippen molar-refractivity contribution >= 4 is 21.6 Å². The van der Waals surface area contributed by atoms with Crippen LogP contribution in [0.2, 0.25) is 0 Å². The molecule has 0 aliphatic rings. The van der Waals surface area contributed by atoms with E-state index < -0.39 is 11.6 Å². The van der Waals surface area contributed by atoms with Crippen molar-refractivity contribution in [2.75, 3.05) is 5.32 Å². The van der Waals surface area contributed by atoms with E-state index in [-0.39, 0.29) is 12.2 Å². The topological polar surface area (TPSA) is 51.0 Å². The van der Waals surface area contributed by atoms with Gasteiger partial charge in [0.05, 0.1) is 6.54 Å². The Morgan fingerprint density at radius 1 is 1.29 bits per heavy atom. The lowest BCUT2D eigenvalue weighted by Crippen LogP contribution is -2.05. The summed E-state index contributed by atoms with van der Waals surface area (Å²) in [6, 6.07) is 2.36.